The minimum atomic E-state index is -4.84. The van der Waals surface area contributed by atoms with E-state index in [1.807, 2.05) is 0 Å². The van der Waals surface area contributed by atoms with Crippen molar-refractivity contribution in [3.63, 3.8) is 0 Å². The van der Waals surface area contributed by atoms with Gasteiger partial charge in [0.15, 0.2) is 5.82 Å². The normalized spacial score (nSPS) is 14.1. The summed E-state index contributed by atoms with van der Waals surface area (Å²) in [4.78, 5) is 0. The number of nitrogens with one attached hydrogen (secondary N) is 1. The predicted octanol–water partition coefficient (Wildman–Crippen LogP) is 3.16. The molecule has 6 nitrogen and oxygen atoms in total. The Morgan fingerprint density at radius 3 is 2.28 bits per heavy atom. The van der Waals surface area contributed by atoms with E-state index < -0.39 is 35.5 Å². The quantitative estimate of drug-likeness (QED) is 0.577. The number of nitrogens with zero attached hydrogens (tertiary/aromatic N) is 3. The minimum Gasteiger partial charge on any atom is -0.428 e. The van der Waals surface area contributed by atoms with Gasteiger partial charge < -0.3 is 10.5 Å². The molecular formula is C17H13F6N5O. The molecule has 3 aromatic rings. The molecule has 0 aliphatic carbocycles. The highest BCUT2D eigenvalue weighted by atomic mass is 19.3. The van der Waals surface area contributed by atoms with Gasteiger partial charge in [-0.15, -0.1) is 10.2 Å². The molecule has 3 rings (SSSR count). The topological polar surface area (TPSA) is 89.7 Å². The average molecular weight is 417 g/mol. The standard InChI is InChI=1S/C17H13F6N5O/c18-11-3-1-9(2-4-11)16(24,8-14-25-27-28-26-14)10-5-12(19)7-13(6-10)29-17(22,23)15(20)21/h1-7,15H,8,24H2,(H,25,26,27,28)/t16-/m1/s1. The molecule has 1 heterocycles. The molecule has 0 bridgehead atoms. The van der Waals surface area contributed by atoms with E-state index in [4.69, 9.17) is 5.73 Å². The lowest BCUT2D eigenvalue weighted by atomic mass is 9.80. The number of halogens is 6. The molecule has 0 amide bonds. The van der Waals surface area contributed by atoms with Crippen molar-refractivity contribution in [2.75, 3.05) is 0 Å². The number of tetrazole rings is 1. The summed E-state index contributed by atoms with van der Waals surface area (Å²) in [5.41, 5.74) is 4.92. The van der Waals surface area contributed by atoms with Crippen molar-refractivity contribution in [2.24, 2.45) is 5.73 Å². The number of aromatic amines is 1. The predicted molar refractivity (Wildman–Crippen MR) is 87.2 cm³/mol. The third kappa shape index (κ3) is 4.47. The summed E-state index contributed by atoms with van der Waals surface area (Å²) in [6, 6.07) is 7.10. The summed E-state index contributed by atoms with van der Waals surface area (Å²) in [6.45, 7) is 0. The van der Waals surface area contributed by atoms with Gasteiger partial charge in [-0.3, -0.25) is 0 Å². The molecule has 3 N–H and O–H groups in total. The highest BCUT2D eigenvalue weighted by Crippen LogP contribution is 2.35. The maximum atomic E-state index is 14.1. The molecule has 12 heteroatoms. The number of ether oxygens (including phenoxy) is 1. The SMILES string of the molecule is N[C@](Cc1nn[nH]n1)(c1ccc(F)cc1)c1cc(F)cc(OC(F)(F)C(F)F)c1. The van der Waals surface area contributed by atoms with E-state index in [9.17, 15) is 26.3 Å². The Kier molecular flexibility index (Phi) is 5.46. The zero-order chi connectivity index (χ0) is 21.2. The van der Waals surface area contributed by atoms with Crippen molar-refractivity contribution in [2.45, 2.75) is 24.5 Å². The van der Waals surface area contributed by atoms with Gasteiger partial charge in [0.25, 0.3) is 0 Å². The van der Waals surface area contributed by atoms with Crippen molar-refractivity contribution in [1.29, 1.82) is 0 Å². The van der Waals surface area contributed by atoms with Crippen LogP contribution in [0.1, 0.15) is 17.0 Å². The largest absolute Gasteiger partial charge is 0.461 e. The molecule has 0 fully saturated rings. The van der Waals surface area contributed by atoms with Crippen LogP contribution < -0.4 is 10.5 Å². The second-order valence-corrected chi connectivity index (χ2v) is 6.12. The van der Waals surface area contributed by atoms with Crippen LogP contribution in [0.4, 0.5) is 26.3 Å². The van der Waals surface area contributed by atoms with Gasteiger partial charge in [-0.05, 0) is 35.4 Å². The molecule has 0 unspecified atom stereocenters. The molecule has 2 aromatic carbocycles. The fourth-order valence-electron chi connectivity index (χ4n) is 2.71. The first kappa shape index (κ1) is 20.6. The molecule has 0 spiro atoms. The fourth-order valence-corrected chi connectivity index (χ4v) is 2.71. The lowest BCUT2D eigenvalue weighted by Gasteiger charge is -2.30. The van der Waals surface area contributed by atoms with Crippen molar-refractivity contribution in [3.8, 4) is 5.75 Å². The van der Waals surface area contributed by atoms with Crippen LogP contribution in [0.5, 0.6) is 5.75 Å². The number of alkyl halides is 4. The Balaban J connectivity index is 2.09. The van der Waals surface area contributed by atoms with E-state index in [1.165, 1.54) is 12.1 Å². The lowest BCUT2D eigenvalue weighted by Crippen LogP contribution is -2.41. The first-order valence-corrected chi connectivity index (χ1v) is 8.03. The van der Waals surface area contributed by atoms with Gasteiger partial charge in [-0.25, -0.2) is 8.78 Å². The number of hydrogen-bond donors (Lipinski definition) is 2. The summed E-state index contributed by atoms with van der Waals surface area (Å²) >= 11 is 0. The fraction of sp³-hybridized carbons (Fsp3) is 0.235. The van der Waals surface area contributed by atoms with E-state index in [1.54, 1.807) is 0 Å². The van der Waals surface area contributed by atoms with Crippen LogP contribution in [0.3, 0.4) is 0 Å². The van der Waals surface area contributed by atoms with Crippen molar-refractivity contribution in [3.05, 3.63) is 71.1 Å². The van der Waals surface area contributed by atoms with Gasteiger partial charge in [-0.1, -0.05) is 17.3 Å². The summed E-state index contributed by atoms with van der Waals surface area (Å²) in [7, 11) is 0. The number of hydrogen-bond acceptors (Lipinski definition) is 5. The Morgan fingerprint density at radius 1 is 1.00 bits per heavy atom. The number of aromatic nitrogens is 4. The van der Waals surface area contributed by atoms with Gasteiger partial charge >= 0.3 is 12.5 Å². The lowest BCUT2D eigenvalue weighted by molar-refractivity contribution is -0.253. The van der Waals surface area contributed by atoms with Crippen LogP contribution in [-0.4, -0.2) is 33.2 Å². The number of benzene rings is 2. The van der Waals surface area contributed by atoms with Gasteiger partial charge in [0.05, 0.1) is 5.54 Å². The van der Waals surface area contributed by atoms with Crippen LogP contribution in [0.25, 0.3) is 0 Å². The Morgan fingerprint density at radius 2 is 1.69 bits per heavy atom. The average Bonchev–Trinajstić information content (AvgIpc) is 3.14. The maximum absolute atomic E-state index is 14.1. The van der Waals surface area contributed by atoms with Gasteiger partial charge in [0.1, 0.15) is 17.4 Å². The third-order valence-corrected chi connectivity index (χ3v) is 4.08. The molecule has 0 saturated heterocycles. The Hall–Kier alpha value is -3.15. The first-order chi connectivity index (χ1) is 13.6. The van der Waals surface area contributed by atoms with E-state index in [0.717, 1.165) is 24.3 Å². The molecule has 1 atom stereocenters. The van der Waals surface area contributed by atoms with Crippen LogP contribution in [0.2, 0.25) is 0 Å². The van der Waals surface area contributed by atoms with Gasteiger partial charge in [-0.2, -0.15) is 22.8 Å². The number of nitrogens with two attached hydrogens (primary N) is 1. The molecule has 154 valence electrons. The Labute approximate surface area is 159 Å². The summed E-state index contributed by atoms with van der Waals surface area (Å²) in [5.74, 6) is -2.42. The van der Waals surface area contributed by atoms with Crippen molar-refractivity contribution in [1.82, 2.24) is 20.6 Å². The van der Waals surface area contributed by atoms with E-state index in [-0.39, 0.29) is 23.4 Å². The minimum absolute atomic E-state index is 0.0847. The molecule has 0 radical (unpaired) electrons. The number of H-pyrrole nitrogens is 1. The Bertz CT molecular complexity index is 967. The summed E-state index contributed by atoms with van der Waals surface area (Å²) < 4.78 is 82.8. The van der Waals surface area contributed by atoms with E-state index in [2.05, 4.69) is 25.4 Å². The van der Waals surface area contributed by atoms with Gasteiger partial charge in [0.2, 0.25) is 0 Å². The van der Waals surface area contributed by atoms with Crippen LogP contribution in [0.15, 0.2) is 42.5 Å². The maximum Gasteiger partial charge on any atom is 0.461 e. The molecule has 29 heavy (non-hydrogen) atoms. The molecule has 0 saturated carbocycles. The molecule has 1 aromatic heterocycles. The van der Waals surface area contributed by atoms with Gasteiger partial charge in [0, 0.05) is 12.5 Å². The van der Waals surface area contributed by atoms with Crippen molar-refractivity contribution < 1.29 is 31.1 Å². The zero-order valence-corrected chi connectivity index (χ0v) is 14.4. The smallest absolute Gasteiger partial charge is 0.428 e. The summed E-state index contributed by atoms with van der Waals surface area (Å²) in [5, 5.41) is 13.1. The first-order valence-electron chi connectivity index (χ1n) is 8.03. The van der Waals surface area contributed by atoms with Crippen LogP contribution >= 0.6 is 0 Å². The van der Waals surface area contributed by atoms with E-state index in [0.29, 0.717) is 6.07 Å². The van der Waals surface area contributed by atoms with Crippen molar-refractivity contribution >= 4 is 0 Å². The third-order valence-electron chi connectivity index (χ3n) is 4.08. The summed E-state index contributed by atoms with van der Waals surface area (Å²) in [6.07, 6.45) is -9.18. The highest BCUT2D eigenvalue weighted by Gasteiger charge is 2.44. The number of rotatable bonds is 7. The molecular weight excluding hydrogens is 404 g/mol. The van der Waals surface area contributed by atoms with Crippen LogP contribution in [0, 0.1) is 11.6 Å². The second kappa shape index (κ2) is 7.70. The zero-order valence-electron chi connectivity index (χ0n) is 14.4. The second-order valence-electron chi connectivity index (χ2n) is 6.12. The highest BCUT2D eigenvalue weighted by molar-refractivity contribution is 5.43. The molecule has 0 aliphatic rings. The van der Waals surface area contributed by atoms with E-state index >= 15 is 0 Å². The molecule has 0 aliphatic heterocycles. The van der Waals surface area contributed by atoms with Crippen LogP contribution in [-0.2, 0) is 12.0 Å². The monoisotopic (exact) mass is 417 g/mol.